The number of ketones is 1. The van der Waals surface area contributed by atoms with E-state index >= 15 is 0 Å². The van der Waals surface area contributed by atoms with Crippen LogP contribution >= 0.6 is 0 Å². The zero-order chi connectivity index (χ0) is 14.2. The monoisotopic (exact) mass is 282 g/mol. The number of rotatable bonds is 2. The molecule has 0 N–H and O–H groups in total. The lowest BCUT2D eigenvalue weighted by molar-refractivity contribution is 0.0932. The number of Topliss-reactive ketones (excluding diaryl/α,β-unsaturated/α-hetero) is 1. The van der Waals surface area contributed by atoms with Crippen molar-refractivity contribution in [2.24, 2.45) is 0 Å². The summed E-state index contributed by atoms with van der Waals surface area (Å²) in [6, 6.07) is 13.1. The van der Waals surface area contributed by atoms with Gasteiger partial charge in [0.25, 0.3) is 0 Å². The standard InChI is InChI=1S/C17H14O4/c18-17(11-5-6-15-16(9-11)21-10-20-15)13-7-8-19-14-4-2-1-3-12(13)14/h1-6,9,13H,7-8,10H2. The number of hydrogen-bond donors (Lipinski definition) is 0. The van der Waals surface area contributed by atoms with Crippen LogP contribution in [0.4, 0.5) is 0 Å². The van der Waals surface area contributed by atoms with Gasteiger partial charge in [-0.2, -0.15) is 0 Å². The number of ether oxygens (including phenoxy) is 3. The van der Waals surface area contributed by atoms with Crippen LogP contribution in [0.5, 0.6) is 17.2 Å². The number of hydrogen-bond acceptors (Lipinski definition) is 4. The van der Waals surface area contributed by atoms with E-state index in [9.17, 15) is 4.79 Å². The van der Waals surface area contributed by atoms with E-state index in [-0.39, 0.29) is 18.5 Å². The zero-order valence-electron chi connectivity index (χ0n) is 11.4. The average molecular weight is 282 g/mol. The first-order valence-electron chi connectivity index (χ1n) is 6.98. The van der Waals surface area contributed by atoms with E-state index in [1.54, 1.807) is 18.2 Å². The topological polar surface area (TPSA) is 44.8 Å². The molecule has 0 radical (unpaired) electrons. The van der Waals surface area contributed by atoms with Crippen LogP contribution < -0.4 is 14.2 Å². The summed E-state index contributed by atoms with van der Waals surface area (Å²) in [4.78, 5) is 12.8. The average Bonchev–Trinajstić information content (AvgIpc) is 3.01. The van der Waals surface area contributed by atoms with Gasteiger partial charge in [-0.1, -0.05) is 18.2 Å². The molecule has 2 aromatic rings. The van der Waals surface area contributed by atoms with Gasteiger partial charge in [-0.25, -0.2) is 0 Å². The van der Waals surface area contributed by atoms with Crippen molar-refractivity contribution in [2.75, 3.05) is 13.4 Å². The smallest absolute Gasteiger partial charge is 0.231 e. The van der Waals surface area contributed by atoms with Crippen LogP contribution in [0, 0.1) is 0 Å². The Bertz CT molecular complexity index is 708. The quantitative estimate of drug-likeness (QED) is 0.794. The van der Waals surface area contributed by atoms with Crippen LogP contribution in [0.2, 0.25) is 0 Å². The summed E-state index contributed by atoms with van der Waals surface area (Å²) in [6.45, 7) is 0.783. The van der Waals surface area contributed by atoms with Crippen LogP contribution in [0.25, 0.3) is 0 Å². The van der Waals surface area contributed by atoms with Gasteiger partial charge in [-0.15, -0.1) is 0 Å². The predicted molar refractivity (Wildman–Crippen MR) is 76.2 cm³/mol. The maximum Gasteiger partial charge on any atom is 0.231 e. The van der Waals surface area contributed by atoms with E-state index in [0.29, 0.717) is 30.1 Å². The molecule has 0 saturated heterocycles. The molecule has 2 heterocycles. The van der Waals surface area contributed by atoms with E-state index in [1.165, 1.54) is 0 Å². The van der Waals surface area contributed by atoms with E-state index in [1.807, 2.05) is 24.3 Å². The Morgan fingerprint density at radius 2 is 1.81 bits per heavy atom. The molecule has 0 aliphatic carbocycles. The molecule has 106 valence electrons. The molecule has 0 spiro atoms. The minimum absolute atomic E-state index is 0.101. The number of carbonyl (C=O) groups is 1. The first kappa shape index (κ1) is 12.3. The summed E-state index contributed by atoms with van der Waals surface area (Å²) in [5, 5.41) is 0. The Kier molecular flexibility index (Phi) is 2.81. The Morgan fingerprint density at radius 1 is 0.952 bits per heavy atom. The number of carbonyl (C=O) groups excluding carboxylic acids is 1. The van der Waals surface area contributed by atoms with Gasteiger partial charge >= 0.3 is 0 Å². The molecular weight excluding hydrogens is 268 g/mol. The fraction of sp³-hybridized carbons (Fsp3) is 0.235. The van der Waals surface area contributed by atoms with E-state index in [0.717, 1.165) is 11.3 Å². The van der Waals surface area contributed by atoms with Crippen molar-refractivity contribution in [1.82, 2.24) is 0 Å². The van der Waals surface area contributed by atoms with E-state index in [4.69, 9.17) is 14.2 Å². The highest BCUT2D eigenvalue weighted by Gasteiger charge is 2.29. The third-order valence-electron chi connectivity index (χ3n) is 3.93. The third-order valence-corrected chi connectivity index (χ3v) is 3.93. The Hall–Kier alpha value is -2.49. The Balaban J connectivity index is 1.70. The zero-order valence-corrected chi connectivity index (χ0v) is 11.4. The van der Waals surface area contributed by atoms with Crippen LogP contribution in [0.3, 0.4) is 0 Å². The molecule has 1 unspecified atom stereocenters. The molecule has 2 aromatic carbocycles. The minimum Gasteiger partial charge on any atom is -0.493 e. The fourth-order valence-corrected chi connectivity index (χ4v) is 2.87. The SMILES string of the molecule is O=C(c1ccc2c(c1)OCO2)C1CCOc2ccccc21. The van der Waals surface area contributed by atoms with Crippen LogP contribution in [0.15, 0.2) is 42.5 Å². The molecule has 4 heteroatoms. The second-order valence-electron chi connectivity index (χ2n) is 5.16. The maximum atomic E-state index is 12.8. The lowest BCUT2D eigenvalue weighted by Crippen LogP contribution is -2.21. The van der Waals surface area contributed by atoms with Crippen LogP contribution in [-0.2, 0) is 0 Å². The summed E-state index contributed by atoms with van der Waals surface area (Å²) in [7, 11) is 0. The molecule has 0 amide bonds. The highest BCUT2D eigenvalue weighted by molar-refractivity contribution is 6.02. The molecule has 4 nitrogen and oxygen atoms in total. The van der Waals surface area contributed by atoms with Crippen molar-refractivity contribution in [2.45, 2.75) is 12.3 Å². The van der Waals surface area contributed by atoms with Gasteiger partial charge in [-0.05, 0) is 30.7 Å². The van der Waals surface area contributed by atoms with Crippen molar-refractivity contribution in [1.29, 1.82) is 0 Å². The summed E-state index contributed by atoms with van der Waals surface area (Å²) in [5.74, 6) is 2.09. The van der Waals surface area contributed by atoms with Gasteiger partial charge in [0.2, 0.25) is 6.79 Å². The molecule has 2 aliphatic rings. The van der Waals surface area contributed by atoms with Gasteiger partial charge in [0.15, 0.2) is 17.3 Å². The molecule has 0 bridgehead atoms. The van der Waals surface area contributed by atoms with Gasteiger partial charge in [-0.3, -0.25) is 4.79 Å². The largest absolute Gasteiger partial charge is 0.493 e. The van der Waals surface area contributed by atoms with Crippen LogP contribution in [-0.4, -0.2) is 19.2 Å². The minimum atomic E-state index is -0.157. The molecule has 0 fully saturated rings. The molecule has 4 rings (SSSR count). The molecule has 2 aliphatic heterocycles. The van der Waals surface area contributed by atoms with E-state index in [2.05, 4.69) is 0 Å². The van der Waals surface area contributed by atoms with E-state index < -0.39 is 0 Å². The van der Waals surface area contributed by atoms with Crippen LogP contribution in [0.1, 0.15) is 28.3 Å². The normalized spacial score (nSPS) is 18.8. The maximum absolute atomic E-state index is 12.8. The third kappa shape index (κ3) is 2.03. The van der Waals surface area contributed by atoms with Crippen molar-refractivity contribution in [3.63, 3.8) is 0 Å². The number of benzene rings is 2. The second-order valence-corrected chi connectivity index (χ2v) is 5.16. The summed E-state index contributed by atoms with van der Waals surface area (Å²) in [6.07, 6.45) is 0.699. The van der Waals surface area contributed by atoms with Gasteiger partial charge in [0, 0.05) is 11.1 Å². The van der Waals surface area contributed by atoms with Crippen molar-refractivity contribution < 1.29 is 19.0 Å². The van der Waals surface area contributed by atoms with Crippen molar-refractivity contribution >= 4 is 5.78 Å². The highest BCUT2D eigenvalue weighted by atomic mass is 16.7. The van der Waals surface area contributed by atoms with Crippen molar-refractivity contribution in [3.8, 4) is 17.2 Å². The first-order valence-corrected chi connectivity index (χ1v) is 6.98. The lowest BCUT2D eigenvalue weighted by Gasteiger charge is -2.24. The molecular formula is C17H14O4. The highest BCUT2D eigenvalue weighted by Crippen LogP contribution is 2.38. The van der Waals surface area contributed by atoms with Gasteiger partial charge < -0.3 is 14.2 Å². The number of fused-ring (bicyclic) bond motifs is 2. The fourth-order valence-electron chi connectivity index (χ4n) is 2.87. The van der Waals surface area contributed by atoms with Gasteiger partial charge in [0.05, 0.1) is 12.5 Å². The molecule has 21 heavy (non-hydrogen) atoms. The molecule has 1 atom stereocenters. The Labute approximate surface area is 122 Å². The molecule has 0 aromatic heterocycles. The lowest BCUT2D eigenvalue weighted by atomic mass is 9.86. The predicted octanol–water partition coefficient (Wildman–Crippen LogP) is 3.16. The summed E-state index contributed by atoms with van der Waals surface area (Å²) < 4.78 is 16.2. The summed E-state index contributed by atoms with van der Waals surface area (Å²) >= 11 is 0. The van der Waals surface area contributed by atoms with Gasteiger partial charge in [0.1, 0.15) is 5.75 Å². The second kappa shape index (κ2) is 4.81. The number of para-hydroxylation sites is 1. The van der Waals surface area contributed by atoms with Crippen molar-refractivity contribution in [3.05, 3.63) is 53.6 Å². The first-order chi connectivity index (χ1) is 10.3. The molecule has 0 saturated carbocycles. The Morgan fingerprint density at radius 3 is 2.76 bits per heavy atom. The summed E-state index contributed by atoms with van der Waals surface area (Å²) in [5.41, 5.74) is 1.62.